The Hall–Kier alpha value is -1.82. The minimum atomic E-state index is -0.283. The number of amides is 1. The van der Waals surface area contributed by atoms with E-state index < -0.39 is 0 Å². The summed E-state index contributed by atoms with van der Waals surface area (Å²) in [6.45, 7) is 1.76. The van der Waals surface area contributed by atoms with Crippen LogP contribution in [0.15, 0.2) is 36.4 Å². The highest BCUT2D eigenvalue weighted by atomic mass is 35.5. The van der Waals surface area contributed by atoms with Gasteiger partial charge in [-0.15, -0.1) is 0 Å². The Labute approximate surface area is 147 Å². The third kappa shape index (κ3) is 3.75. The molecule has 23 heavy (non-hydrogen) atoms. The molecule has 118 valence electrons. The van der Waals surface area contributed by atoms with E-state index in [1.807, 2.05) is 19.1 Å². The van der Waals surface area contributed by atoms with Gasteiger partial charge in [-0.3, -0.25) is 10.1 Å². The summed E-state index contributed by atoms with van der Waals surface area (Å²) in [5, 5.41) is 4.41. The van der Waals surface area contributed by atoms with Crippen LogP contribution in [0.2, 0.25) is 10.0 Å². The van der Waals surface area contributed by atoms with Crippen molar-refractivity contribution in [1.82, 2.24) is 4.98 Å². The number of nitrogens with one attached hydrogen (secondary N) is 1. The van der Waals surface area contributed by atoms with Crippen LogP contribution in [0.25, 0.3) is 10.2 Å². The Morgan fingerprint density at radius 3 is 2.87 bits per heavy atom. The maximum Gasteiger partial charge on any atom is 0.264 e. The van der Waals surface area contributed by atoms with Crippen molar-refractivity contribution in [1.29, 1.82) is 0 Å². The molecule has 0 bridgehead atoms. The summed E-state index contributed by atoms with van der Waals surface area (Å²) >= 11 is 13.3. The summed E-state index contributed by atoms with van der Waals surface area (Å²) in [4.78, 5) is 16.3. The number of nitrogens with zero attached hydrogens (tertiary/aromatic N) is 1. The van der Waals surface area contributed by atoms with Gasteiger partial charge in [0.15, 0.2) is 11.7 Å². The van der Waals surface area contributed by atoms with Gasteiger partial charge in [0, 0.05) is 5.02 Å². The Balaban J connectivity index is 1.65. The average molecular weight is 367 g/mol. The van der Waals surface area contributed by atoms with Gasteiger partial charge in [-0.05, 0) is 42.8 Å². The molecule has 0 radical (unpaired) electrons. The van der Waals surface area contributed by atoms with Crippen molar-refractivity contribution in [3.05, 3.63) is 52.0 Å². The molecule has 3 aromatic rings. The highest BCUT2D eigenvalue weighted by Crippen LogP contribution is 2.30. The number of aromatic nitrogens is 1. The van der Waals surface area contributed by atoms with Crippen LogP contribution in [0.3, 0.4) is 0 Å². The predicted octanol–water partition coefficient (Wildman–Crippen LogP) is 4.93. The molecule has 0 aliphatic rings. The predicted molar refractivity (Wildman–Crippen MR) is 94.9 cm³/mol. The van der Waals surface area contributed by atoms with E-state index in [4.69, 9.17) is 27.9 Å². The molecule has 0 saturated heterocycles. The number of fused-ring (bicyclic) bond motifs is 1. The standard InChI is InChI=1S/C16H12Cl2N2O2S/c1-9-7-10(17)5-6-12(9)22-8-14(21)19-16-20-15-11(18)3-2-4-13(15)23-16/h2-7H,8H2,1H3,(H,19,20,21). The van der Waals surface area contributed by atoms with Crippen molar-refractivity contribution >= 4 is 55.8 Å². The number of carbonyl (C=O) groups excluding carboxylic acids is 1. The maximum atomic E-state index is 12.0. The van der Waals surface area contributed by atoms with Gasteiger partial charge in [0.1, 0.15) is 11.3 Å². The number of rotatable bonds is 4. The largest absolute Gasteiger partial charge is 0.483 e. The average Bonchev–Trinajstić information content (AvgIpc) is 2.90. The van der Waals surface area contributed by atoms with E-state index in [1.165, 1.54) is 11.3 Å². The monoisotopic (exact) mass is 366 g/mol. The molecular weight excluding hydrogens is 355 g/mol. The number of para-hydroxylation sites is 1. The van der Waals surface area contributed by atoms with E-state index in [9.17, 15) is 4.79 Å². The summed E-state index contributed by atoms with van der Waals surface area (Å²) < 4.78 is 6.42. The van der Waals surface area contributed by atoms with Crippen LogP contribution in [0.4, 0.5) is 5.13 Å². The maximum absolute atomic E-state index is 12.0. The number of aryl methyl sites for hydroxylation is 1. The number of ether oxygens (including phenoxy) is 1. The molecular formula is C16H12Cl2N2O2S. The summed E-state index contributed by atoms with van der Waals surface area (Å²) in [6.07, 6.45) is 0. The molecule has 0 spiro atoms. The van der Waals surface area contributed by atoms with Gasteiger partial charge in [-0.2, -0.15) is 0 Å². The number of benzene rings is 2. The van der Waals surface area contributed by atoms with Crippen LogP contribution < -0.4 is 10.1 Å². The first-order valence-corrected chi connectivity index (χ1v) is 8.34. The summed E-state index contributed by atoms with van der Waals surface area (Å²) in [6, 6.07) is 10.8. The number of hydrogen-bond acceptors (Lipinski definition) is 4. The van der Waals surface area contributed by atoms with E-state index in [-0.39, 0.29) is 12.5 Å². The fourth-order valence-corrected chi connectivity index (χ4v) is 3.45. The molecule has 0 fully saturated rings. The van der Waals surface area contributed by atoms with Crippen molar-refractivity contribution in [2.75, 3.05) is 11.9 Å². The Bertz CT molecular complexity index is 880. The van der Waals surface area contributed by atoms with Gasteiger partial charge < -0.3 is 4.74 Å². The second-order valence-electron chi connectivity index (χ2n) is 4.85. The van der Waals surface area contributed by atoms with Gasteiger partial charge in [0.25, 0.3) is 5.91 Å². The third-order valence-electron chi connectivity index (χ3n) is 3.11. The number of halogens is 2. The number of hydrogen-bond donors (Lipinski definition) is 1. The van der Waals surface area contributed by atoms with E-state index in [2.05, 4.69) is 10.3 Å². The Morgan fingerprint density at radius 2 is 2.13 bits per heavy atom. The van der Waals surface area contributed by atoms with Gasteiger partial charge in [0.05, 0.1) is 9.72 Å². The molecule has 0 unspecified atom stereocenters. The molecule has 7 heteroatoms. The van der Waals surface area contributed by atoms with E-state index in [0.717, 1.165) is 10.3 Å². The lowest BCUT2D eigenvalue weighted by molar-refractivity contribution is -0.118. The zero-order valence-electron chi connectivity index (χ0n) is 12.1. The van der Waals surface area contributed by atoms with Crippen molar-refractivity contribution in [3.63, 3.8) is 0 Å². The van der Waals surface area contributed by atoms with Crippen LogP contribution in [-0.2, 0) is 4.79 Å². The van der Waals surface area contributed by atoms with Gasteiger partial charge >= 0.3 is 0 Å². The lowest BCUT2D eigenvalue weighted by atomic mass is 10.2. The van der Waals surface area contributed by atoms with Crippen molar-refractivity contribution in [3.8, 4) is 5.75 Å². The van der Waals surface area contributed by atoms with Crippen LogP contribution in [-0.4, -0.2) is 17.5 Å². The van der Waals surface area contributed by atoms with Gasteiger partial charge in [-0.25, -0.2) is 4.98 Å². The number of carbonyl (C=O) groups is 1. The van der Waals surface area contributed by atoms with E-state index in [0.29, 0.717) is 26.4 Å². The zero-order valence-corrected chi connectivity index (χ0v) is 14.4. The molecule has 0 aliphatic heterocycles. The molecule has 1 heterocycles. The molecule has 3 rings (SSSR count). The molecule has 0 saturated carbocycles. The van der Waals surface area contributed by atoms with Crippen molar-refractivity contribution in [2.45, 2.75) is 6.92 Å². The minimum absolute atomic E-state index is 0.105. The van der Waals surface area contributed by atoms with Crippen LogP contribution >= 0.6 is 34.5 Å². The molecule has 2 aromatic carbocycles. The topological polar surface area (TPSA) is 51.2 Å². The first-order chi connectivity index (χ1) is 11.0. The van der Waals surface area contributed by atoms with E-state index in [1.54, 1.807) is 24.3 Å². The lowest BCUT2D eigenvalue weighted by Crippen LogP contribution is -2.20. The molecule has 1 aromatic heterocycles. The fourth-order valence-electron chi connectivity index (χ4n) is 2.04. The molecule has 0 atom stereocenters. The highest BCUT2D eigenvalue weighted by molar-refractivity contribution is 7.22. The Kier molecular flexibility index (Phi) is 4.71. The first kappa shape index (κ1) is 16.1. The third-order valence-corrected chi connectivity index (χ3v) is 4.59. The van der Waals surface area contributed by atoms with E-state index >= 15 is 0 Å². The summed E-state index contributed by atoms with van der Waals surface area (Å²) in [5.41, 5.74) is 1.56. The number of anilines is 1. The van der Waals surface area contributed by atoms with Crippen molar-refractivity contribution < 1.29 is 9.53 Å². The quantitative estimate of drug-likeness (QED) is 0.712. The van der Waals surface area contributed by atoms with Gasteiger partial charge in [0.2, 0.25) is 0 Å². The molecule has 4 nitrogen and oxygen atoms in total. The van der Waals surface area contributed by atoms with Crippen LogP contribution in [0.1, 0.15) is 5.56 Å². The highest BCUT2D eigenvalue weighted by Gasteiger charge is 2.11. The fraction of sp³-hybridized carbons (Fsp3) is 0.125. The minimum Gasteiger partial charge on any atom is -0.483 e. The smallest absolute Gasteiger partial charge is 0.264 e. The molecule has 1 N–H and O–H groups in total. The second kappa shape index (κ2) is 6.74. The van der Waals surface area contributed by atoms with Crippen LogP contribution in [0.5, 0.6) is 5.75 Å². The first-order valence-electron chi connectivity index (χ1n) is 6.77. The number of thiazole rings is 1. The normalized spacial score (nSPS) is 10.7. The SMILES string of the molecule is Cc1cc(Cl)ccc1OCC(=O)Nc1nc2c(Cl)cccc2s1. The summed E-state index contributed by atoms with van der Waals surface area (Å²) in [5.74, 6) is 0.339. The zero-order chi connectivity index (χ0) is 16.4. The summed E-state index contributed by atoms with van der Waals surface area (Å²) in [7, 11) is 0. The van der Waals surface area contributed by atoms with Crippen LogP contribution in [0, 0.1) is 6.92 Å². The lowest BCUT2D eigenvalue weighted by Gasteiger charge is -2.08. The molecule has 1 amide bonds. The Morgan fingerprint density at radius 1 is 1.30 bits per heavy atom. The second-order valence-corrected chi connectivity index (χ2v) is 6.73. The van der Waals surface area contributed by atoms with Crippen molar-refractivity contribution in [2.24, 2.45) is 0 Å². The molecule has 0 aliphatic carbocycles. The van der Waals surface area contributed by atoms with Gasteiger partial charge in [-0.1, -0.05) is 40.6 Å².